The van der Waals surface area contributed by atoms with Gasteiger partial charge in [-0.3, -0.25) is 9.59 Å². The average Bonchev–Trinajstić information content (AvgIpc) is 2.60. The summed E-state index contributed by atoms with van der Waals surface area (Å²) in [6.07, 6.45) is 0.628. The van der Waals surface area contributed by atoms with E-state index in [2.05, 4.69) is 0 Å². The van der Waals surface area contributed by atoms with Crippen molar-refractivity contribution in [1.82, 2.24) is 4.90 Å². The van der Waals surface area contributed by atoms with Crippen molar-refractivity contribution in [2.45, 2.75) is 18.9 Å². The molecule has 1 saturated heterocycles. The summed E-state index contributed by atoms with van der Waals surface area (Å²) in [5.74, 6) is -2.30. The number of amides is 2. The van der Waals surface area contributed by atoms with E-state index in [1.54, 1.807) is 0 Å². The van der Waals surface area contributed by atoms with Crippen LogP contribution in [0.1, 0.15) is 24.4 Å². The van der Waals surface area contributed by atoms with Crippen LogP contribution in [0.15, 0.2) is 18.2 Å². The van der Waals surface area contributed by atoms with E-state index in [1.165, 1.54) is 11.0 Å². The van der Waals surface area contributed by atoms with Gasteiger partial charge >= 0.3 is 0 Å². The molecule has 1 heterocycles. The fourth-order valence-electron chi connectivity index (χ4n) is 2.19. The molecule has 1 aromatic carbocycles. The van der Waals surface area contributed by atoms with Gasteiger partial charge in [0.15, 0.2) is 0 Å². The van der Waals surface area contributed by atoms with E-state index < -0.39 is 23.6 Å². The Kier molecular flexibility index (Phi) is 3.27. The number of rotatable bonds is 3. The van der Waals surface area contributed by atoms with Crippen molar-refractivity contribution in [2.75, 3.05) is 6.54 Å². The molecule has 0 aliphatic carbocycles. The number of carbonyl (C=O) groups is 2. The minimum absolute atomic E-state index is 0.212. The lowest BCUT2D eigenvalue weighted by Gasteiger charge is -2.24. The highest BCUT2D eigenvalue weighted by Gasteiger charge is 2.34. The normalized spacial score (nSPS) is 19.3. The maximum absolute atomic E-state index is 13.6. The molecule has 1 aromatic rings. The second kappa shape index (κ2) is 4.72. The second-order valence-corrected chi connectivity index (χ2v) is 4.21. The Morgan fingerprint density at radius 3 is 2.78 bits per heavy atom. The van der Waals surface area contributed by atoms with Crippen molar-refractivity contribution in [1.29, 1.82) is 0 Å². The van der Waals surface area contributed by atoms with E-state index in [1.807, 2.05) is 0 Å². The molecule has 96 valence electrons. The quantitative estimate of drug-likeness (QED) is 0.878. The summed E-state index contributed by atoms with van der Waals surface area (Å²) < 4.78 is 26.5. The molecule has 1 fully saturated rings. The Bertz CT molecular complexity index is 505. The van der Waals surface area contributed by atoms with Gasteiger partial charge in [-0.15, -0.1) is 0 Å². The minimum atomic E-state index is -0.718. The summed E-state index contributed by atoms with van der Waals surface area (Å²) >= 11 is 0. The smallest absolute Gasteiger partial charge is 0.237 e. The molecule has 2 rings (SSSR count). The van der Waals surface area contributed by atoms with Crippen LogP contribution < -0.4 is 5.73 Å². The number of likely N-dealkylation sites (tertiary alicyclic amines) is 1. The first-order valence-corrected chi connectivity index (χ1v) is 5.51. The molecule has 1 aliphatic heterocycles. The average molecular weight is 254 g/mol. The summed E-state index contributed by atoms with van der Waals surface area (Å²) in [4.78, 5) is 23.7. The number of carbonyl (C=O) groups excluding carboxylic acids is 2. The molecule has 0 aromatic heterocycles. The molecule has 0 spiro atoms. The first-order valence-electron chi connectivity index (χ1n) is 5.51. The van der Waals surface area contributed by atoms with Crippen LogP contribution in [0.2, 0.25) is 0 Å². The van der Waals surface area contributed by atoms with Gasteiger partial charge < -0.3 is 10.6 Å². The number of nitrogens with zero attached hydrogens (tertiary/aromatic N) is 1. The van der Waals surface area contributed by atoms with Crippen molar-refractivity contribution in [3.63, 3.8) is 0 Å². The number of benzene rings is 1. The number of primary amides is 1. The summed E-state index contributed by atoms with van der Waals surface area (Å²) in [6, 6.07) is 2.64. The van der Waals surface area contributed by atoms with Crippen LogP contribution in [0, 0.1) is 11.6 Å². The molecule has 0 bridgehead atoms. The molecular formula is C12H12F2N2O2. The van der Waals surface area contributed by atoms with E-state index in [4.69, 9.17) is 5.73 Å². The highest BCUT2D eigenvalue weighted by molar-refractivity contribution is 5.85. The Morgan fingerprint density at radius 1 is 1.44 bits per heavy atom. The van der Waals surface area contributed by atoms with Crippen molar-refractivity contribution in [3.8, 4) is 0 Å². The molecule has 0 radical (unpaired) electrons. The first kappa shape index (κ1) is 12.5. The van der Waals surface area contributed by atoms with Gasteiger partial charge in [-0.2, -0.15) is 0 Å². The molecule has 2 N–H and O–H groups in total. The third-order valence-electron chi connectivity index (χ3n) is 2.98. The highest BCUT2D eigenvalue weighted by Crippen LogP contribution is 2.33. The van der Waals surface area contributed by atoms with E-state index in [0.29, 0.717) is 6.42 Å². The number of hydrogen-bond donors (Lipinski definition) is 1. The van der Waals surface area contributed by atoms with Gasteiger partial charge in [-0.05, 0) is 12.5 Å². The van der Waals surface area contributed by atoms with Gasteiger partial charge in [0.05, 0.1) is 12.6 Å². The van der Waals surface area contributed by atoms with Crippen LogP contribution in [0.3, 0.4) is 0 Å². The fraction of sp³-hybridized carbons (Fsp3) is 0.333. The zero-order valence-electron chi connectivity index (χ0n) is 9.53. The van der Waals surface area contributed by atoms with Crippen LogP contribution in [0.4, 0.5) is 8.78 Å². The summed E-state index contributed by atoms with van der Waals surface area (Å²) in [6.45, 7) is -0.250. The SMILES string of the molecule is NC(=O)CN1C(=O)CCC1c1ccc(F)cc1F. The Morgan fingerprint density at radius 2 is 2.17 bits per heavy atom. The van der Waals surface area contributed by atoms with Crippen molar-refractivity contribution < 1.29 is 18.4 Å². The summed E-state index contributed by atoms with van der Waals surface area (Å²) in [5.41, 5.74) is 5.26. The van der Waals surface area contributed by atoms with Gasteiger partial charge in [0.1, 0.15) is 11.6 Å². The Balaban J connectivity index is 2.31. The first-order chi connectivity index (χ1) is 8.49. The standard InChI is InChI=1S/C12H12F2N2O2/c13-7-1-2-8(9(14)5-7)10-3-4-12(18)16(10)6-11(15)17/h1-2,5,10H,3-4,6H2,(H2,15,17). The van der Waals surface area contributed by atoms with Crippen molar-refractivity contribution in [3.05, 3.63) is 35.4 Å². The predicted octanol–water partition coefficient (Wildman–Crippen LogP) is 1.11. The third kappa shape index (κ3) is 2.32. The zero-order chi connectivity index (χ0) is 13.3. The van der Waals surface area contributed by atoms with E-state index >= 15 is 0 Å². The van der Waals surface area contributed by atoms with Gasteiger partial charge in [0.25, 0.3) is 0 Å². The van der Waals surface area contributed by atoms with Crippen LogP contribution in [-0.2, 0) is 9.59 Å². The zero-order valence-corrected chi connectivity index (χ0v) is 9.53. The second-order valence-electron chi connectivity index (χ2n) is 4.21. The lowest BCUT2D eigenvalue weighted by Crippen LogP contribution is -2.36. The summed E-state index contributed by atoms with van der Waals surface area (Å²) in [5, 5.41) is 0. The molecule has 1 unspecified atom stereocenters. The molecule has 2 amide bonds. The van der Waals surface area contributed by atoms with E-state index in [0.717, 1.165) is 12.1 Å². The maximum atomic E-state index is 13.6. The van der Waals surface area contributed by atoms with Gasteiger partial charge in [-0.1, -0.05) is 6.07 Å². The highest BCUT2D eigenvalue weighted by atomic mass is 19.1. The number of hydrogen-bond acceptors (Lipinski definition) is 2. The Labute approximate surface area is 102 Å². The Hall–Kier alpha value is -1.98. The fourth-order valence-corrected chi connectivity index (χ4v) is 2.19. The van der Waals surface area contributed by atoms with Crippen LogP contribution in [0.25, 0.3) is 0 Å². The topological polar surface area (TPSA) is 63.4 Å². The summed E-state index contributed by atoms with van der Waals surface area (Å²) in [7, 11) is 0. The number of nitrogens with two attached hydrogens (primary N) is 1. The maximum Gasteiger partial charge on any atom is 0.237 e. The lowest BCUT2D eigenvalue weighted by atomic mass is 10.0. The largest absolute Gasteiger partial charge is 0.368 e. The van der Waals surface area contributed by atoms with E-state index in [-0.39, 0.29) is 24.4 Å². The molecular weight excluding hydrogens is 242 g/mol. The van der Waals surface area contributed by atoms with Crippen LogP contribution in [-0.4, -0.2) is 23.3 Å². The van der Waals surface area contributed by atoms with Crippen molar-refractivity contribution in [2.24, 2.45) is 5.73 Å². The minimum Gasteiger partial charge on any atom is -0.368 e. The molecule has 4 nitrogen and oxygen atoms in total. The predicted molar refractivity (Wildman–Crippen MR) is 59.2 cm³/mol. The van der Waals surface area contributed by atoms with Gasteiger partial charge in [0.2, 0.25) is 11.8 Å². The third-order valence-corrected chi connectivity index (χ3v) is 2.98. The molecule has 18 heavy (non-hydrogen) atoms. The van der Waals surface area contributed by atoms with Crippen LogP contribution in [0.5, 0.6) is 0 Å². The molecule has 0 saturated carbocycles. The molecule has 6 heteroatoms. The number of halogens is 2. The van der Waals surface area contributed by atoms with Crippen molar-refractivity contribution >= 4 is 11.8 Å². The van der Waals surface area contributed by atoms with E-state index in [9.17, 15) is 18.4 Å². The lowest BCUT2D eigenvalue weighted by molar-refractivity contribution is -0.133. The van der Waals surface area contributed by atoms with Gasteiger partial charge in [-0.25, -0.2) is 8.78 Å². The molecule has 1 aliphatic rings. The monoisotopic (exact) mass is 254 g/mol. The van der Waals surface area contributed by atoms with Gasteiger partial charge in [0, 0.05) is 18.1 Å². The van der Waals surface area contributed by atoms with Crippen LogP contribution >= 0.6 is 0 Å². The molecule has 1 atom stereocenters.